The van der Waals surface area contributed by atoms with Crippen molar-refractivity contribution < 1.29 is 19.0 Å². The molecule has 0 saturated heterocycles. The molecular formula is C15H17FN2O3. The number of carbonyl (C=O) groups is 1. The van der Waals surface area contributed by atoms with Crippen LogP contribution in [0.4, 0.5) is 9.18 Å². The van der Waals surface area contributed by atoms with E-state index in [-0.39, 0.29) is 11.9 Å². The first-order chi connectivity index (χ1) is 9.76. The molecule has 2 rings (SSSR count). The second-order valence-electron chi connectivity index (χ2n) is 5.65. The van der Waals surface area contributed by atoms with E-state index in [1.165, 1.54) is 18.3 Å². The van der Waals surface area contributed by atoms with Crippen molar-refractivity contribution in [2.45, 2.75) is 32.9 Å². The third-order valence-electron chi connectivity index (χ3n) is 2.69. The molecule has 0 aliphatic rings. The van der Waals surface area contributed by atoms with Crippen LogP contribution in [0.5, 0.6) is 5.75 Å². The van der Waals surface area contributed by atoms with Crippen LogP contribution in [0.25, 0.3) is 10.8 Å². The number of amides is 1. The van der Waals surface area contributed by atoms with Gasteiger partial charge >= 0.3 is 6.09 Å². The summed E-state index contributed by atoms with van der Waals surface area (Å²) in [4.78, 5) is 15.7. The molecule has 1 aromatic heterocycles. The Morgan fingerprint density at radius 3 is 2.81 bits per heavy atom. The number of aromatic hydroxyl groups is 1. The molecule has 1 heterocycles. The van der Waals surface area contributed by atoms with Gasteiger partial charge in [0, 0.05) is 17.0 Å². The number of carbonyl (C=O) groups excluding carboxylic acids is 1. The molecule has 0 unspecified atom stereocenters. The van der Waals surface area contributed by atoms with E-state index in [2.05, 4.69) is 10.3 Å². The minimum Gasteiger partial charge on any atom is -0.505 e. The zero-order chi connectivity index (χ0) is 15.6. The van der Waals surface area contributed by atoms with Crippen LogP contribution in [0.15, 0.2) is 24.4 Å². The maximum absolute atomic E-state index is 13.8. The summed E-state index contributed by atoms with van der Waals surface area (Å²) in [6.07, 6.45) is 0.921. The summed E-state index contributed by atoms with van der Waals surface area (Å²) in [5.41, 5.74) is -0.114. The Balaban J connectivity index is 2.13. The van der Waals surface area contributed by atoms with E-state index in [1.54, 1.807) is 26.8 Å². The minimum atomic E-state index is -0.701. The van der Waals surface area contributed by atoms with Crippen LogP contribution in [-0.2, 0) is 11.3 Å². The summed E-state index contributed by atoms with van der Waals surface area (Å²) in [7, 11) is 0. The van der Waals surface area contributed by atoms with Crippen molar-refractivity contribution in [2.24, 2.45) is 0 Å². The summed E-state index contributed by atoms with van der Waals surface area (Å²) in [6, 6.07) is 4.34. The second kappa shape index (κ2) is 5.55. The van der Waals surface area contributed by atoms with E-state index in [0.717, 1.165) is 0 Å². The molecule has 2 N–H and O–H groups in total. The van der Waals surface area contributed by atoms with Gasteiger partial charge < -0.3 is 15.2 Å². The number of rotatable bonds is 2. The molecule has 2 aromatic rings. The summed E-state index contributed by atoms with van der Waals surface area (Å²) < 4.78 is 18.9. The first kappa shape index (κ1) is 15.0. The van der Waals surface area contributed by atoms with Gasteiger partial charge in [0.05, 0.1) is 12.2 Å². The number of phenols is 1. The molecule has 0 radical (unpaired) electrons. The summed E-state index contributed by atoms with van der Waals surface area (Å²) in [5.74, 6) is -1.12. The number of hydrogen-bond donors (Lipinski definition) is 2. The van der Waals surface area contributed by atoms with Crippen molar-refractivity contribution in [3.05, 3.63) is 35.9 Å². The Bertz CT molecular complexity index is 680. The van der Waals surface area contributed by atoms with Gasteiger partial charge in [-0.2, -0.15) is 0 Å². The molecule has 112 valence electrons. The molecule has 1 amide bonds. The number of benzene rings is 1. The lowest BCUT2D eigenvalue weighted by molar-refractivity contribution is 0.0523. The average Bonchev–Trinajstić information content (AvgIpc) is 2.39. The summed E-state index contributed by atoms with van der Waals surface area (Å²) in [6.45, 7) is 5.40. The third-order valence-corrected chi connectivity index (χ3v) is 2.69. The van der Waals surface area contributed by atoms with Crippen LogP contribution in [0.1, 0.15) is 26.5 Å². The Morgan fingerprint density at radius 2 is 2.14 bits per heavy atom. The SMILES string of the molecule is CC(C)(C)OC(=O)NCc1cc2c(F)c(O)ccc2cn1. The average molecular weight is 292 g/mol. The van der Waals surface area contributed by atoms with Crippen molar-refractivity contribution in [3.63, 3.8) is 0 Å². The van der Waals surface area contributed by atoms with Gasteiger partial charge in [0.15, 0.2) is 11.6 Å². The van der Waals surface area contributed by atoms with Gasteiger partial charge in [-0.15, -0.1) is 0 Å². The van der Waals surface area contributed by atoms with Crippen LogP contribution >= 0.6 is 0 Å². The van der Waals surface area contributed by atoms with Crippen molar-refractivity contribution in [1.82, 2.24) is 10.3 Å². The van der Waals surface area contributed by atoms with E-state index in [4.69, 9.17) is 4.74 Å². The Labute approximate surface area is 121 Å². The van der Waals surface area contributed by atoms with E-state index >= 15 is 0 Å². The number of fused-ring (bicyclic) bond motifs is 1. The topological polar surface area (TPSA) is 71.5 Å². The zero-order valence-electron chi connectivity index (χ0n) is 12.1. The van der Waals surface area contributed by atoms with Crippen molar-refractivity contribution in [3.8, 4) is 5.75 Å². The summed E-state index contributed by atoms with van der Waals surface area (Å²) in [5, 5.41) is 12.7. The number of halogens is 1. The molecule has 6 heteroatoms. The van der Waals surface area contributed by atoms with Crippen LogP contribution in [0, 0.1) is 5.82 Å². The van der Waals surface area contributed by atoms with E-state index in [0.29, 0.717) is 11.1 Å². The minimum absolute atomic E-state index is 0.111. The molecule has 0 bridgehead atoms. The van der Waals surface area contributed by atoms with Gasteiger partial charge in [-0.3, -0.25) is 4.98 Å². The van der Waals surface area contributed by atoms with Gasteiger partial charge in [0.25, 0.3) is 0 Å². The highest BCUT2D eigenvalue weighted by molar-refractivity contribution is 5.84. The molecule has 21 heavy (non-hydrogen) atoms. The Hall–Kier alpha value is -2.37. The van der Waals surface area contributed by atoms with Crippen molar-refractivity contribution in [2.75, 3.05) is 0 Å². The number of ether oxygens (including phenoxy) is 1. The van der Waals surface area contributed by atoms with E-state index in [9.17, 15) is 14.3 Å². The molecule has 0 spiro atoms. The van der Waals surface area contributed by atoms with Gasteiger partial charge in [-0.05, 0) is 39.0 Å². The summed E-state index contributed by atoms with van der Waals surface area (Å²) >= 11 is 0. The number of pyridine rings is 1. The van der Waals surface area contributed by atoms with E-state index in [1.807, 2.05) is 0 Å². The number of aromatic nitrogens is 1. The Kier molecular flexibility index (Phi) is 3.97. The van der Waals surface area contributed by atoms with Gasteiger partial charge in [0.2, 0.25) is 0 Å². The highest BCUT2D eigenvalue weighted by Crippen LogP contribution is 2.25. The monoisotopic (exact) mass is 292 g/mol. The van der Waals surface area contributed by atoms with Gasteiger partial charge in [-0.25, -0.2) is 9.18 Å². The fraction of sp³-hybridized carbons (Fsp3) is 0.333. The highest BCUT2D eigenvalue weighted by atomic mass is 19.1. The molecule has 0 fully saturated rings. The predicted molar refractivity (Wildman–Crippen MR) is 76.4 cm³/mol. The fourth-order valence-corrected chi connectivity index (χ4v) is 1.79. The molecule has 0 saturated carbocycles. The Morgan fingerprint density at radius 1 is 1.43 bits per heavy atom. The molecular weight excluding hydrogens is 275 g/mol. The van der Waals surface area contributed by atoms with Crippen LogP contribution in [-0.4, -0.2) is 21.8 Å². The zero-order valence-corrected chi connectivity index (χ0v) is 12.1. The molecule has 0 atom stereocenters. The third kappa shape index (κ3) is 3.81. The van der Waals surface area contributed by atoms with Crippen LogP contribution < -0.4 is 5.32 Å². The predicted octanol–water partition coefficient (Wildman–Crippen LogP) is 3.10. The lowest BCUT2D eigenvalue weighted by Crippen LogP contribution is -2.32. The number of nitrogens with zero attached hydrogens (tertiary/aromatic N) is 1. The lowest BCUT2D eigenvalue weighted by atomic mass is 10.1. The molecule has 0 aliphatic carbocycles. The maximum atomic E-state index is 13.8. The highest BCUT2D eigenvalue weighted by Gasteiger charge is 2.16. The lowest BCUT2D eigenvalue weighted by Gasteiger charge is -2.19. The normalized spacial score (nSPS) is 11.4. The van der Waals surface area contributed by atoms with Crippen molar-refractivity contribution >= 4 is 16.9 Å². The number of nitrogens with one attached hydrogen (secondary N) is 1. The molecule has 0 aliphatic heterocycles. The first-order valence-corrected chi connectivity index (χ1v) is 6.49. The van der Waals surface area contributed by atoms with E-state index < -0.39 is 23.3 Å². The quantitative estimate of drug-likeness (QED) is 0.892. The van der Waals surface area contributed by atoms with Gasteiger partial charge in [0.1, 0.15) is 5.60 Å². The van der Waals surface area contributed by atoms with Crippen LogP contribution in [0.3, 0.4) is 0 Å². The largest absolute Gasteiger partial charge is 0.505 e. The number of alkyl carbamates (subject to hydrolysis) is 1. The van der Waals surface area contributed by atoms with Gasteiger partial charge in [-0.1, -0.05) is 0 Å². The number of hydrogen-bond acceptors (Lipinski definition) is 4. The van der Waals surface area contributed by atoms with Crippen LogP contribution in [0.2, 0.25) is 0 Å². The molecule has 5 nitrogen and oxygen atoms in total. The maximum Gasteiger partial charge on any atom is 0.407 e. The molecule has 1 aromatic carbocycles. The standard InChI is InChI=1S/C15H17FN2O3/c1-15(2,3)21-14(20)18-8-10-6-11-9(7-17-10)4-5-12(19)13(11)16/h4-7,19H,8H2,1-3H3,(H,18,20). The second-order valence-corrected chi connectivity index (χ2v) is 5.65. The fourth-order valence-electron chi connectivity index (χ4n) is 1.79. The van der Waals surface area contributed by atoms with Crippen molar-refractivity contribution in [1.29, 1.82) is 0 Å². The smallest absolute Gasteiger partial charge is 0.407 e. The number of phenolic OH excluding ortho intramolecular Hbond substituents is 1. The first-order valence-electron chi connectivity index (χ1n) is 6.49.